The van der Waals surface area contributed by atoms with E-state index in [1.54, 1.807) is 12.1 Å². The van der Waals surface area contributed by atoms with Crippen molar-refractivity contribution in [3.05, 3.63) is 34.6 Å². The third kappa shape index (κ3) is 2.73. The maximum atomic E-state index is 14.4. The molecule has 1 spiro atoms. The van der Waals surface area contributed by atoms with Gasteiger partial charge in [0.05, 0.1) is 0 Å². The Hall–Kier alpha value is -0.600. The number of benzene rings is 1. The van der Waals surface area contributed by atoms with Crippen LogP contribution >= 0.6 is 11.6 Å². The van der Waals surface area contributed by atoms with Crippen molar-refractivity contribution in [2.24, 2.45) is 5.41 Å². The van der Waals surface area contributed by atoms with Crippen LogP contribution in [0.25, 0.3) is 0 Å². The van der Waals surface area contributed by atoms with Crippen LogP contribution in [0.4, 0.5) is 4.39 Å². The molecule has 0 radical (unpaired) electrons. The molecule has 1 aromatic rings. The highest BCUT2D eigenvalue weighted by molar-refractivity contribution is 6.31. The summed E-state index contributed by atoms with van der Waals surface area (Å²) in [6.45, 7) is 7.27. The van der Waals surface area contributed by atoms with Crippen LogP contribution < -0.4 is 5.32 Å². The third-order valence-electron chi connectivity index (χ3n) is 5.29. The second-order valence-corrected chi connectivity index (χ2v) is 8.59. The predicted molar refractivity (Wildman–Crippen MR) is 86.4 cm³/mol. The lowest BCUT2D eigenvalue weighted by atomic mass is 9.43. The van der Waals surface area contributed by atoms with Gasteiger partial charge in [0.15, 0.2) is 0 Å². The molecule has 2 fully saturated rings. The Morgan fingerprint density at radius 3 is 2.38 bits per heavy atom. The Bertz CT molecular complexity index is 514. The van der Waals surface area contributed by atoms with E-state index in [0.717, 1.165) is 24.9 Å². The van der Waals surface area contributed by atoms with Gasteiger partial charge in [0, 0.05) is 28.1 Å². The summed E-state index contributed by atoms with van der Waals surface area (Å²) in [6, 6.07) is 5.07. The molecule has 2 aliphatic rings. The van der Waals surface area contributed by atoms with Gasteiger partial charge in [-0.25, -0.2) is 4.39 Å². The fourth-order valence-corrected chi connectivity index (χ4v) is 4.61. The molecule has 1 nitrogen and oxygen atoms in total. The molecule has 0 atom stereocenters. The van der Waals surface area contributed by atoms with Crippen molar-refractivity contribution in [2.75, 3.05) is 6.54 Å². The largest absolute Gasteiger partial charge is 0.311 e. The van der Waals surface area contributed by atoms with Crippen LogP contribution in [0.5, 0.6) is 0 Å². The van der Waals surface area contributed by atoms with Crippen LogP contribution in [0, 0.1) is 11.2 Å². The summed E-state index contributed by atoms with van der Waals surface area (Å²) in [6.07, 6.45) is 6.08. The Morgan fingerprint density at radius 2 is 1.90 bits per heavy atom. The number of hydrogen-bond acceptors (Lipinski definition) is 1. The molecule has 2 aliphatic carbocycles. The number of nitrogens with one attached hydrogen (secondary N) is 1. The molecule has 3 heteroatoms. The fraction of sp³-hybridized carbons (Fsp3) is 0.667. The van der Waals surface area contributed by atoms with E-state index in [1.165, 1.54) is 19.3 Å². The maximum absolute atomic E-state index is 14.4. The van der Waals surface area contributed by atoms with E-state index in [4.69, 9.17) is 11.6 Å². The second kappa shape index (κ2) is 4.96. The van der Waals surface area contributed by atoms with Crippen molar-refractivity contribution in [3.63, 3.8) is 0 Å². The summed E-state index contributed by atoms with van der Waals surface area (Å²) in [4.78, 5) is 0. The smallest absolute Gasteiger partial charge is 0.128 e. The first-order chi connectivity index (χ1) is 9.75. The molecular formula is C18H25ClFN. The lowest BCUT2D eigenvalue weighted by Gasteiger charge is -2.62. The molecule has 0 bridgehead atoms. The van der Waals surface area contributed by atoms with Gasteiger partial charge in [-0.15, -0.1) is 0 Å². The van der Waals surface area contributed by atoms with E-state index in [9.17, 15) is 4.39 Å². The van der Waals surface area contributed by atoms with Crippen LogP contribution in [-0.4, -0.2) is 12.1 Å². The molecule has 1 N–H and O–H groups in total. The zero-order chi connectivity index (χ0) is 15.3. The lowest BCUT2D eigenvalue weighted by Crippen LogP contribution is -2.59. The average Bonchev–Trinajstić information content (AvgIpc) is 2.26. The van der Waals surface area contributed by atoms with Crippen molar-refractivity contribution in [1.82, 2.24) is 5.32 Å². The second-order valence-electron chi connectivity index (χ2n) is 8.19. The van der Waals surface area contributed by atoms with E-state index in [0.29, 0.717) is 10.4 Å². The highest BCUT2D eigenvalue weighted by atomic mass is 35.5. The summed E-state index contributed by atoms with van der Waals surface area (Å²) >= 11 is 6.36. The lowest BCUT2D eigenvalue weighted by molar-refractivity contribution is -0.0516. The van der Waals surface area contributed by atoms with Crippen LogP contribution in [0.3, 0.4) is 0 Å². The van der Waals surface area contributed by atoms with Gasteiger partial charge in [0.2, 0.25) is 0 Å². The van der Waals surface area contributed by atoms with Crippen LogP contribution in [-0.2, 0) is 5.41 Å². The summed E-state index contributed by atoms with van der Waals surface area (Å²) in [5.74, 6) is -0.146. The van der Waals surface area contributed by atoms with Crippen molar-refractivity contribution in [1.29, 1.82) is 0 Å². The monoisotopic (exact) mass is 309 g/mol. The Kier molecular flexibility index (Phi) is 3.61. The van der Waals surface area contributed by atoms with Gasteiger partial charge < -0.3 is 5.32 Å². The summed E-state index contributed by atoms with van der Waals surface area (Å²) < 4.78 is 14.4. The van der Waals surface area contributed by atoms with Crippen LogP contribution in [0.2, 0.25) is 5.02 Å². The van der Waals surface area contributed by atoms with Gasteiger partial charge in [0.1, 0.15) is 5.82 Å². The molecule has 0 aliphatic heterocycles. The molecule has 2 saturated carbocycles. The molecule has 0 heterocycles. The molecule has 1 aromatic carbocycles. The first-order valence-corrected chi connectivity index (χ1v) is 8.33. The van der Waals surface area contributed by atoms with Gasteiger partial charge in [-0.05, 0) is 64.0 Å². The number of hydrogen-bond donors (Lipinski definition) is 1. The minimum absolute atomic E-state index is 0.0348. The summed E-state index contributed by atoms with van der Waals surface area (Å²) in [7, 11) is 0. The Labute approximate surface area is 132 Å². The van der Waals surface area contributed by atoms with Gasteiger partial charge in [-0.3, -0.25) is 0 Å². The summed E-state index contributed by atoms with van der Waals surface area (Å²) in [5.41, 5.74) is 1.12. The highest BCUT2D eigenvalue weighted by Gasteiger charge is 2.58. The Balaban J connectivity index is 1.90. The predicted octanol–water partition coefficient (Wildman–Crippen LogP) is 5.07. The van der Waals surface area contributed by atoms with Gasteiger partial charge in [0.25, 0.3) is 0 Å². The SMILES string of the molecule is CC(C)(C)NCC1(c2c(F)cccc2Cl)CC2(CCC2)C1. The average molecular weight is 310 g/mol. The minimum atomic E-state index is -0.146. The first kappa shape index (κ1) is 15.3. The van der Waals surface area contributed by atoms with E-state index < -0.39 is 0 Å². The quantitative estimate of drug-likeness (QED) is 0.822. The Morgan fingerprint density at radius 1 is 1.24 bits per heavy atom. The molecule has 3 rings (SSSR count). The molecule has 0 aromatic heterocycles. The van der Waals surface area contributed by atoms with Crippen LogP contribution in [0.1, 0.15) is 58.4 Å². The van der Waals surface area contributed by atoms with Crippen molar-refractivity contribution in [3.8, 4) is 0 Å². The van der Waals surface area contributed by atoms with E-state index in [1.807, 2.05) is 6.07 Å². The maximum Gasteiger partial charge on any atom is 0.128 e. The third-order valence-corrected chi connectivity index (χ3v) is 5.61. The van der Waals surface area contributed by atoms with Crippen molar-refractivity contribution >= 4 is 11.6 Å². The van der Waals surface area contributed by atoms with Crippen molar-refractivity contribution in [2.45, 2.75) is 63.8 Å². The fourth-order valence-electron chi connectivity index (χ4n) is 4.24. The molecule has 116 valence electrons. The molecular weight excluding hydrogens is 285 g/mol. The normalized spacial score (nSPS) is 22.7. The zero-order valence-electron chi connectivity index (χ0n) is 13.2. The molecule has 0 saturated heterocycles. The van der Waals surface area contributed by atoms with Gasteiger partial charge in [-0.2, -0.15) is 0 Å². The zero-order valence-corrected chi connectivity index (χ0v) is 14.0. The van der Waals surface area contributed by atoms with Crippen LogP contribution in [0.15, 0.2) is 18.2 Å². The highest BCUT2D eigenvalue weighted by Crippen LogP contribution is 2.65. The topological polar surface area (TPSA) is 12.0 Å². The standard InChI is InChI=1S/C18H25ClFN/c1-16(2,3)21-12-18(10-17(11-18)8-5-9-17)15-13(19)6-4-7-14(15)20/h4,6-7,21H,5,8-12H2,1-3H3. The molecule has 21 heavy (non-hydrogen) atoms. The summed E-state index contributed by atoms with van der Waals surface area (Å²) in [5, 5.41) is 4.16. The minimum Gasteiger partial charge on any atom is -0.311 e. The van der Waals surface area contributed by atoms with Gasteiger partial charge >= 0.3 is 0 Å². The molecule has 0 amide bonds. The number of halogens is 2. The number of rotatable bonds is 3. The van der Waals surface area contributed by atoms with E-state index in [-0.39, 0.29) is 16.8 Å². The van der Waals surface area contributed by atoms with E-state index >= 15 is 0 Å². The van der Waals surface area contributed by atoms with Crippen molar-refractivity contribution < 1.29 is 4.39 Å². The van der Waals surface area contributed by atoms with E-state index in [2.05, 4.69) is 26.1 Å². The molecule has 0 unspecified atom stereocenters. The first-order valence-electron chi connectivity index (χ1n) is 7.95. The van der Waals surface area contributed by atoms with Gasteiger partial charge in [-0.1, -0.05) is 24.1 Å².